The van der Waals surface area contributed by atoms with E-state index < -0.39 is 0 Å². The summed E-state index contributed by atoms with van der Waals surface area (Å²) in [5.74, 6) is 0.993. The predicted octanol–water partition coefficient (Wildman–Crippen LogP) is 1.99. The van der Waals surface area contributed by atoms with Crippen LogP contribution in [0.5, 0.6) is 5.75 Å². The van der Waals surface area contributed by atoms with Crippen LogP contribution in [-0.4, -0.2) is 46.4 Å². The number of nitrogens with zero attached hydrogens (tertiary/aromatic N) is 5. The molecule has 2 heterocycles. The smallest absolute Gasteiger partial charge is 0.169 e. The van der Waals surface area contributed by atoms with E-state index in [0.29, 0.717) is 17.1 Å². The number of phenols is 1. The van der Waals surface area contributed by atoms with Crippen LogP contribution in [0.2, 0.25) is 0 Å². The molecule has 0 radical (unpaired) electrons. The minimum atomic E-state index is 0.301. The molecular weight excluding hydrogens is 302 g/mol. The van der Waals surface area contributed by atoms with Gasteiger partial charge in [0.2, 0.25) is 0 Å². The van der Waals surface area contributed by atoms with Crippen molar-refractivity contribution in [2.45, 2.75) is 20.4 Å². The summed E-state index contributed by atoms with van der Waals surface area (Å²) in [5.41, 5.74) is 3.44. The molecule has 1 aliphatic rings. The molecule has 0 aliphatic carbocycles. The molecule has 124 valence electrons. The van der Waals surface area contributed by atoms with Gasteiger partial charge in [0.1, 0.15) is 17.4 Å². The van der Waals surface area contributed by atoms with Gasteiger partial charge in [-0.2, -0.15) is 10.4 Å². The van der Waals surface area contributed by atoms with Crippen LogP contribution in [0.25, 0.3) is 0 Å². The van der Waals surface area contributed by atoms with Gasteiger partial charge in [0.15, 0.2) is 5.82 Å². The van der Waals surface area contributed by atoms with E-state index in [4.69, 9.17) is 0 Å². The minimum absolute atomic E-state index is 0.301. The van der Waals surface area contributed by atoms with Crippen LogP contribution >= 0.6 is 0 Å². The number of phenolic OH excluding ortho intramolecular Hbond substituents is 1. The Morgan fingerprint density at radius 2 is 1.92 bits per heavy atom. The minimum Gasteiger partial charge on any atom is -0.508 e. The molecule has 24 heavy (non-hydrogen) atoms. The van der Waals surface area contributed by atoms with Crippen LogP contribution in [-0.2, 0) is 6.54 Å². The number of piperazine rings is 1. The third kappa shape index (κ3) is 3.31. The number of aromatic nitrogens is 2. The first-order valence-corrected chi connectivity index (χ1v) is 8.07. The van der Waals surface area contributed by atoms with Crippen molar-refractivity contribution in [1.29, 1.82) is 5.26 Å². The third-order valence-electron chi connectivity index (χ3n) is 4.54. The number of rotatable bonds is 3. The Labute approximate surface area is 142 Å². The van der Waals surface area contributed by atoms with Gasteiger partial charge in [-0.25, -0.2) is 0 Å². The molecule has 1 aliphatic heterocycles. The molecule has 1 N–H and O–H groups in total. The fraction of sp³-hybridized carbons (Fsp3) is 0.389. The van der Waals surface area contributed by atoms with Crippen LogP contribution < -0.4 is 4.90 Å². The summed E-state index contributed by atoms with van der Waals surface area (Å²) in [5, 5.41) is 27.4. The maximum absolute atomic E-state index is 9.57. The molecule has 1 aromatic carbocycles. The summed E-state index contributed by atoms with van der Waals surface area (Å²) < 4.78 is 0. The first-order valence-electron chi connectivity index (χ1n) is 8.07. The van der Waals surface area contributed by atoms with Crippen LogP contribution in [0, 0.1) is 25.2 Å². The highest BCUT2D eigenvalue weighted by Gasteiger charge is 2.22. The van der Waals surface area contributed by atoms with Crippen molar-refractivity contribution in [2.75, 3.05) is 31.1 Å². The number of aryl methyl sites for hydroxylation is 1. The summed E-state index contributed by atoms with van der Waals surface area (Å²) in [6, 6.07) is 9.65. The van der Waals surface area contributed by atoms with Crippen molar-refractivity contribution in [3.63, 3.8) is 0 Å². The summed E-state index contributed by atoms with van der Waals surface area (Å²) in [7, 11) is 0. The molecule has 2 aromatic rings. The molecule has 1 saturated heterocycles. The molecule has 0 bridgehead atoms. The zero-order chi connectivity index (χ0) is 17.1. The van der Waals surface area contributed by atoms with E-state index in [1.54, 1.807) is 12.1 Å². The normalized spacial score (nSPS) is 15.3. The molecule has 6 nitrogen and oxygen atoms in total. The first-order chi connectivity index (χ1) is 11.6. The number of hydrogen-bond acceptors (Lipinski definition) is 6. The Morgan fingerprint density at radius 3 is 2.58 bits per heavy atom. The Bertz CT molecular complexity index is 775. The van der Waals surface area contributed by atoms with Gasteiger partial charge in [-0.1, -0.05) is 12.1 Å². The maximum atomic E-state index is 9.57. The Morgan fingerprint density at radius 1 is 1.17 bits per heavy atom. The second-order valence-electron chi connectivity index (χ2n) is 6.15. The third-order valence-corrected chi connectivity index (χ3v) is 4.54. The van der Waals surface area contributed by atoms with Crippen LogP contribution in [0.1, 0.15) is 22.4 Å². The predicted molar refractivity (Wildman–Crippen MR) is 91.8 cm³/mol. The average molecular weight is 323 g/mol. The van der Waals surface area contributed by atoms with Crippen LogP contribution in [0.15, 0.2) is 24.3 Å². The number of nitriles is 1. The second kappa shape index (κ2) is 6.85. The monoisotopic (exact) mass is 323 g/mol. The van der Waals surface area contributed by atoms with Gasteiger partial charge in [-0.3, -0.25) is 4.90 Å². The largest absolute Gasteiger partial charge is 0.508 e. The molecule has 1 aromatic heterocycles. The first kappa shape index (κ1) is 16.2. The fourth-order valence-corrected chi connectivity index (χ4v) is 2.98. The van der Waals surface area contributed by atoms with Crippen molar-refractivity contribution in [1.82, 2.24) is 15.1 Å². The van der Waals surface area contributed by atoms with Gasteiger partial charge in [0.05, 0.1) is 5.69 Å². The molecule has 3 rings (SSSR count). The Kier molecular flexibility index (Phi) is 4.63. The molecule has 0 saturated carbocycles. The summed E-state index contributed by atoms with van der Waals surface area (Å²) in [6.07, 6.45) is 0. The number of anilines is 1. The van der Waals surface area contributed by atoms with Gasteiger partial charge in [-0.05, 0) is 37.1 Å². The zero-order valence-electron chi connectivity index (χ0n) is 14.0. The van der Waals surface area contributed by atoms with Crippen molar-refractivity contribution in [2.24, 2.45) is 0 Å². The van der Waals surface area contributed by atoms with E-state index in [9.17, 15) is 10.4 Å². The topological polar surface area (TPSA) is 76.3 Å². The lowest BCUT2D eigenvalue weighted by atomic mass is 10.1. The van der Waals surface area contributed by atoms with E-state index in [1.165, 1.54) is 0 Å². The van der Waals surface area contributed by atoms with Crippen molar-refractivity contribution >= 4 is 5.82 Å². The summed E-state index contributed by atoms with van der Waals surface area (Å²) in [6.45, 7) is 8.00. The molecule has 0 spiro atoms. The molecule has 0 amide bonds. The van der Waals surface area contributed by atoms with E-state index in [0.717, 1.165) is 49.5 Å². The van der Waals surface area contributed by atoms with E-state index >= 15 is 0 Å². The summed E-state index contributed by atoms with van der Waals surface area (Å²) in [4.78, 5) is 4.47. The van der Waals surface area contributed by atoms with Gasteiger partial charge in [0, 0.05) is 32.7 Å². The quantitative estimate of drug-likeness (QED) is 0.931. The lowest BCUT2D eigenvalue weighted by molar-refractivity contribution is 0.249. The van der Waals surface area contributed by atoms with Crippen molar-refractivity contribution < 1.29 is 5.11 Å². The highest BCUT2D eigenvalue weighted by Crippen LogP contribution is 2.23. The number of benzene rings is 1. The van der Waals surface area contributed by atoms with Crippen molar-refractivity contribution in [3.8, 4) is 11.8 Å². The van der Waals surface area contributed by atoms with Gasteiger partial charge in [0.25, 0.3) is 0 Å². The van der Waals surface area contributed by atoms with E-state index in [-0.39, 0.29) is 0 Å². The van der Waals surface area contributed by atoms with E-state index in [1.807, 2.05) is 26.0 Å². The highest BCUT2D eigenvalue weighted by molar-refractivity contribution is 5.57. The molecular formula is C18H21N5O. The standard InChI is InChI=1S/C18H21N5O/c1-13-14(2)20-21-18(17(13)11-19)23-8-6-22(7-9-23)12-15-4-3-5-16(24)10-15/h3-5,10,24H,6-9,12H2,1-2H3. The zero-order valence-corrected chi connectivity index (χ0v) is 14.0. The maximum Gasteiger partial charge on any atom is 0.169 e. The molecule has 0 atom stereocenters. The van der Waals surface area contributed by atoms with E-state index in [2.05, 4.69) is 26.1 Å². The lowest BCUT2D eigenvalue weighted by Gasteiger charge is -2.35. The van der Waals surface area contributed by atoms with Gasteiger partial charge in [-0.15, -0.1) is 5.10 Å². The summed E-state index contributed by atoms with van der Waals surface area (Å²) >= 11 is 0. The van der Waals surface area contributed by atoms with Crippen molar-refractivity contribution in [3.05, 3.63) is 46.6 Å². The van der Waals surface area contributed by atoms with Gasteiger partial charge >= 0.3 is 0 Å². The number of aromatic hydroxyl groups is 1. The number of hydrogen-bond donors (Lipinski definition) is 1. The lowest BCUT2D eigenvalue weighted by Crippen LogP contribution is -2.46. The van der Waals surface area contributed by atoms with Gasteiger partial charge < -0.3 is 10.0 Å². The van der Waals surface area contributed by atoms with Crippen LogP contribution in [0.4, 0.5) is 5.82 Å². The fourth-order valence-electron chi connectivity index (χ4n) is 2.98. The molecule has 6 heteroatoms. The second-order valence-corrected chi connectivity index (χ2v) is 6.15. The Balaban J connectivity index is 1.68. The SMILES string of the molecule is Cc1nnc(N2CCN(Cc3cccc(O)c3)CC2)c(C#N)c1C. The molecule has 1 fully saturated rings. The molecule has 0 unspecified atom stereocenters. The Hall–Kier alpha value is -2.65. The highest BCUT2D eigenvalue weighted by atomic mass is 16.3. The average Bonchev–Trinajstić information content (AvgIpc) is 2.58. The van der Waals surface area contributed by atoms with Crippen LogP contribution in [0.3, 0.4) is 0 Å².